The molecule has 2 rings (SSSR count). The van der Waals surface area contributed by atoms with Gasteiger partial charge in [-0.1, -0.05) is 15.9 Å². The Morgan fingerprint density at radius 1 is 1.23 bits per heavy atom. The predicted molar refractivity (Wildman–Crippen MR) is 124 cm³/mol. The van der Waals surface area contributed by atoms with E-state index < -0.39 is 0 Å². The van der Waals surface area contributed by atoms with Crippen LogP contribution in [0.4, 0.5) is 0 Å². The van der Waals surface area contributed by atoms with Crippen molar-refractivity contribution in [3.63, 3.8) is 0 Å². The van der Waals surface area contributed by atoms with Crippen LogP contribution in [0.3, 0.4) is 0 Å². The fourth-order valence-electron chi connectivity index (χ4n) is 2.15. The molecule has 0 unspecified atom stereocenters. The Kier molecular flexibility index (Phi) is 9.46. The lowest BCUT2D eigenvalue weighted by Gasteiger charge is -2.25. The fraction of sp³-hybridized carbons (Fsp3) is 0.444. The predicted octanol–water partition coefficient (Wildman–Crippen LogP) is 4.91. The first-order valence-electron chi connectivity index (χ1n) is 8.11. The van der Waals surface area contributed by atoms with Gasteiger partial charge in [0.2, 0.25) is 5.89 Å². The largest absolute Gasteiger partial charge is 0.444 e. The number of aryl methyl sites for hydroxylation is 2. The lowest BCUT2D eigenvalue weighted by atomic mass is 10.2. The summed E-state index contributed by atoms with van der Waals surface area (Å²) in [6.07, 6.45) is 0. The van der Waals surface area contributed by atoms with E-state index in [1.165, 1.54) is 4.90 Å². The third-order valence-electron chi connectivity index (χ3n) is 3.59. The molecule has 0 radical (unpaired) electrons. The normalized spacial score (nSPS) is 11.8. The lowest BCUT2D eigenvalue weighted by molar-refractivity contribution is 0.463. The van der Waals surface area contributed by atoms with E-state index in [1.807, 2.05) is 25.6 Å². The van der Waals surface area contributed by atoms with Crippen LogP contribution in [0.5, 0.6) is 0 Å². The Bertz CT molecular complexity index is 712. The van der Waals surface area contributed by atoms with Crippen molar-refractivity contribution in [1.29, 1.82) is 0 Å². The Balaban J connectivity index is 0.00000338. The van der Waals surface area contributed by atoms with Gasteiger partial charge in [-0.15, -0.1) is 35.7 Å². The van der Waals surface area contributed by atoms with Crippen LogP contribution in [0.25, 0.3) is 0 Å². The third-order valence-corrected chi connectivity index (χ3v) is 5.33. The summed E-state index contributed by atoms with van der Waals surface area (Å²) in [6, 6.07) is 8.37. The van der Waals surface area contributed by atoms with Gasteiger partial charge in [-0.2, -0.15) is 0 Å². The van der Waals surface area contributed by atoms with Gasteiger partial charge in [0.25, 0.3) is 0 Å². The SMILES string of the molecule is CN=C(NCc1nc(C)c(C)o1)NCC(C)(C)Sc1ccc(Br)cc1.I. The van der Waals surface area contributed by atoms with Crippen molar-refractivity contribution in [1.82, 2.24) is 15.6 Å². The molecule has 26 heavy (non-hydrogen) atoms. The van der Waals surface area contributed by atoms with Gasteiger partial charge in [0.15, 0.2) is 5.96 Å². The number of aromatic nitrogens is 1. The molecule has 5 nitrogen and oxygen atoms in total. The topological polar surface area (TPSA) is 62.5 Å². The standard InChI is InChI=1S/C18H25BrN4OS.HI/c1-12-13(2)24-16(23-12)10-21-17(20-5)22-11-18(3,4)25-15-8-6-14(19)7-9-15;/h6-9H,10-11H2,1-5H3,(H2,20,21,22);1H. The van der Waals surface area contributed by atoms with E-state index in [9.17, 15) is 0 Å². The van der Waals surface area contributed by atoms with Gasteiger partial charge in [0.1, 0.15) is 5.76 Å². The van der Waals surface area contributed by atoms with Crippen LogP contribution < -0.4 is 10.6 Å². The molecule has 0 saturated heterocycles. The molecule has 0 atom stereocenters. The highest BCUT2D eigenvalue weighted by atomic mass is 127. The highest BCUT2D eigenvalue weighted by Crippen LogP contribution is 2.32. The van der Waals surface area contributed by atoms with Gasteiger partial charge in [-0.25, -0.2) is 4.98 Å². The lowest BCUT2D eigenvalue weighted by Crippen LogP contribution is -2.43. The number of hydrogen-bond donors (Lipinski definition) is 2. The number of halogens is 2. The highest BCUT2D eigenvalue weighted by Gasteiger charge is 2.20. The second-order valence-corrected chi connectivity index (χ2v) is 9.04. The molecular weight excluding hydrogens is 527 g/mol. The zero-order valence-electron chi connectivity index (χ0n) is 15.7. The van der Waals surface area contributed by atoms with Gasteiger partial charge in [0.05, 0.1) is 12.2 Å². The Morgan fingerprint density at radius 2 is 1.88 bits per heavy atom. The quantitative estimate of drug-likeness (QED) is 0.231. The van der Waals surface area contributed by atoms with Gasteiger partial charge in [-0.05, 0) is 52.0 Å². The van der Waals surface area contributed by atoms with Crippen molar-refractivity contribution >= 4 is 57.6 Å². The van der Waals surface area contributed by atoms with E-state index in [1.54, 1.807) is 7.05 Å². The molecule has 0 spiro atoms. The summed E-state index contributed by atoms with van der Waals surface area (Å²) in [6.45, 7) is 9.56. The molecule has 0 aliphatic heterocycles. The fourth-order valence-corrected chi connectivity index (χ4v) is 3.47. The van der Waals surface area contributed by atoms with Crippen molar-refractivity contribution < 1.29 is 4.42 Å². The first kappa shape index (κ1) is 23.3. The molecule has 144 valence electrons. The average molecular weight is 553 g/mol. The summed E-state index contributed by atoms with van der Waals surface area (Å²) < 4.78 is 6.69. The molecular formula is C18H26BrIN4OS. The maximum atomic E-state index is 5.58. The van der Waals surface area contributed by atoms with E-state index in [0.717, 1.165) is 28.4 Å². The van der Waals surface area contributed by atoms with Crippen molar-refractivity contribution in [2.75, 3.05) is 13.6 Å². The number of thioether (sulfide) groups is 1. The van der Waals surface area contributed by atoms with Crippen LogP contribution in [0.15, 0.2) is 43.0 Å². The zero-order chi connectivity index (χ0) is 18.4. The van der Waals surface area contributed by atoms with Crippen molar-refractivity contribution in [2.24, 2.45) is 4.99 Å². The first-order valence-corrected chi connectivity index (χ1v) is 9.72. The number of nitrogens with zero attached hydrogens (tertiary/aromatic N) is 2. The van der Waals surface area contributed by atoms with E-state index in [0.29, 0.717) is 12.4 Å². The number of hydrogen-bond acceptors (Lipinski definition) is 4. The molecule has 0 fully saturated rings. The molecule has 0 aliphatic rings. The second kappa shape index (κ2) is 10.6. The summed E-state index contributed by atoms with van der Waals surface area (Å²) in [5.41, 5.74) is 0.923. The van der Waals surface area contributed by atoms with Gasteiger partial charge in [0, 0.05) is 27.7 Å². The van der Waals surface area contributed by atoms with Crippen molar-refractivity contribution in [2.45, 2.75) is 43.9 Å². The summed E-state index contributed by atoms with van der Waals surface area (Å²) in [7, 11) is 1.76. The van der Waals surface area contributed by atoms with Crippen molar-refractivity contribution in [3.05, 3.63) is 46.1 Å². The number of oxazole rings is 1. The number of rotatable bonds is 6. The minimum atomic E-state index is 0. The van der Waals surface area contributed by atoms with Crippen molar-refractivity contribution in [3.8, 4) is 0 Å². The minimum Gasteiger partial charge on any atom is -0.444 e. The van der Waals surface area contributed by atoms with E-state index in [4.69, 9.17) is 4.42 Å². The number of aliphatic imine (C=N–C) groups is 1. The number of nitrogens with one attached hydrogen (secondary N) is 2. The summed E-state index contributed by atoms with van der Waals surface area (Å²) >= 11 is 5.30. The maximum Gasteiger partial charge on any atom is 0.214 e. The molecule has 2 aromatic rings. The molecule has 0 saturated carbocycles. The van der Waals surface area contributed by atoms with E-state index in [-0.39, 0.29) is 28.7 Å². The molecule has 1 heterocycles. The number of guanidine groups is 1. The Hall–Kier alpha value is -0.740. The van der Waals surface area contributed by atoms with Crippen LogP contribution in [0, 0.1) is 13.8 Å². The molecule has 0 aliphatic carbocycles. The van der Waals surface area contributed by atoms with Gasteiger partial charge < -0.3 is 15.1 Å². The molecule has 2 N–H and O–H groups in total. The van der Waals surface area contributed by atoms with Crippen LogP contribution in [0.2, 0.25) is 0 Å². The maximum absolute atomic E-state index is 5.58. The molecule has 8 heteroatoms. The van der Waals surface area contributed by atoms with Crippen LogP contribution >= 0.6 is 51.7 Å². The summed E-state index contributed by atoms with van der Waals surface area (Å²) in [5, 5.41) is 6.61. The monoisotopic (exact) mass is 552 g/mol. The Morgan fingerprint density at radius 3 is 2.42 bits per heavy atom. The minimum absolute atomic E-state index is 0. The smallest absolute Gasteiger partial charge is 0.214 e. The second-order valence-electron chi connectivity index (χ2n) is 6.34. The van der Waals surface area contributed by atoms with Gasteiger partial charge in [-0.3, -0.25) is 4.99 Å². The van der Waals surface area contributed by atoms with Crippen LogP contribution in [-0.2, 0) is 6.54 Å². The summed E-state index contributed by atoms with van der Waals surface area (Å²) in [5.74, 6) is 2.26. The summed E-state index contributed by atoms with van der Waals surface area (Å²) in [4.78, 5) is 9.87. The number of benzene rings is 1. The van der Waals surface area contributed by atoms with E-state index in [2.05, 4.69) is 74.7 Å². The molecule has 0 amide bonds. The molecule has 0 bridgehead atoms. The van der Waals surface area contributed by atoms with Crippen LogP contribution in [0.1, 0.15) is 31.2 Å². The zero-order valence-corrected chi connectivity index (χ0v) is 20.5. The third kappa shape index (κ3) is 7.48. The average Bonchev–Trinajstić information content (AvgIpc) is 2.88. The highest BCUT2D eigenvalue weighted by molar-refractivity contribution is 14.0. The Labute approximate surface area is 185 Å². The molecule has 1 aromatic carbocycles. The van der Waals surface area contributed by atoms with Gasteiger partial charge >= 0.3 is 0 Å². The first-order chi connectivity index (χ1) is 11.8. The molecule has 1 aromatic heterocycles. The van der Waals surface area contributed by atoms with Crippen LogP contribution in [-0.4, -0.2) is 29.3 Å². The van der Waals surface area contributed by atoms with E-state index >= 15 is 0 Å².